The molecule has 0 aliphatic carbocycles. The number of aliphatic hydroxyl groups excluding tert-OH is 1. The maximum absolute atomic E-state index is 16.3. The minimum atomic E-state index is -1.66. The number of anilines is 1. The molecule has 5 atom stereocenters. The summed E-state index contributed by atoms with van der Waals surface area (Å²) in [4.78, 5) is 70.1. The number of thiazole rings is 1. The van der Waals surface area contributed by atoms with Crippen LogP contribution in [0.1, 0.15) is 98.1 Å². The summed E-state index contributed by atoms with van der Waals surface area (Å²) in [5.41, 5.74) is 4.53. The Balaban J connectivity index is 0.855. The molecular formula is C53H59F3N8O6S. The number of rotatable bonds is 15. The largest absolute Gasteiger partial charge is 0.391 e. The van der Waals surface area contributed by atoms with Gasteiger partial charge in [0, 0.05) is 66.1 Å². The van der Waals surface area contributed by atoms with Gasteiger partial charge in [-0.25, -0.2) is 18.2 Å². The number of pyridine rings is 1. The van der Waals surface area contributed by atoms with Crippen LogP contribution in [0.15, 0.2) is 84.5 Å². The number of fused-ring (bicyclic) bond motifs is 3. The van der Waals surface area contributed by atoms with Gasteiger partial charge in [-0.3, -0.25) is 29.1 Å². The summed E-state index contributed by atoms with van der Waals surface area (Å²) in [5.74, 6) is -4.08. The monoisotopic (exact) mass is 992 g/mol. The number of aryl methyl sites for hydroxylation is 1. The molecule has 1 fully saturated rings. The molecule has 3 aromatic heterocycles. The zero-order chi connectivity index (χ0) is 50.9. The molecule has 6 aromatic rings. The number of nitrogens with zero attached hydrogens (tertiary/aromatic N) is 4. The van der Waals surface area contributed by atoms with Crippen LogP contribution in [0, 0.1) is 24.0 Å². The summed E-state index contributed by atoms with van der Waals surface area (Å²) in [5, 5.41) is 19.7. The Bertz CT molecular complexity index is 2910. The average molecular weight is 993 g/mol. The second-order valence-corrected chi connectivity index (χ2v) is 21.1. The first-order valence-electron chi connectivity index (χ1n) is 23.6. The molecule has 18 heteroatoms. The summed E-state index contributed by atoms with van der Waals surface area (Å²) < 4.78 is 53.4. The third-order valence-electron chi connectivity index (χ3n) is 13.0. The highest BCUT2D eigenvalue weighted by Gasteiger charge is 2.45. The van der Waals surface area contributed by atoms with Crippen LogP contribution in [0.2, 0.25) is 0 Å². The fourth-order valence-electron chi connectivity index (χ4n) is 9.50. The van der Waals surface area contributed by atoms with Crippen LogP contribution in [0.5, 0.6) is 0 Å². The molecule has 0 bridgehead atoms. The Morgan fingerprint density at radius 2 is 1.68 bits per heavy atom. The highest BCUT2D eigenvalue weighted by Crippen LogP contribution is 2.44. The third kappa shape index (κ3) is 11.5. The van der Waals surface area contributed by atoms with Gasteiger partial charge in [0.15, 0.2) is 0 Å². The highest BCUT2D eigenvalue weighted by molar-refractivity contribution is 7.13. The number of ether oxygens (including phenoxy) is 1. The molecule has 14 nitrogen and oxygen atoms in total. The minimum Gasteiger partial charge on any atom is -0.391 e. The van der Waals surface area contributed by atoms with E-state index in [2.05, 4.69) is 30.9 Å². The van der Waals surface area contributed by atoms with Gasteiger partial charge in [0.2, 0.25) is 17.7 Å². The molecule has 374 valence electrons. The molecule has 0 radical (unpaired) electrons. The standard InChI is InChI=1S/C53H59F3N8O6S/c1-29-18-37-36-10-8-9-11-40(36)61-45(37)46(64(29)27-53(6,7)56)44-38(54)19-34(20-39(44)55)60-49(67)41-17-14-32(23-57-41)25-70-26-43(66)62-48(52(3,4)5)51(69)63-24-35(65)21-42(63)50(68)58-22-31-12-15-33(16-13-31)47-30(2)59-28-71-47/h8-17,19-20,23,28-29,35,42,46,48,61,65H,18,21-22,24-27H2,1-7H3,(H,58,68)(H,60,67)(H,62,66)/t29-,35-,42+,46-,48?/m1/s1. The lowest BCUT2D eigenvalue weighted by molar-refractivity contribution is -0.144. The Morgan fingerprint density at radius 3 is 2.32 bits per heavy atom. The van der Waals surface area contributed by atoms with Crippen molar-refractivity contribution >= 4 is 51.6 Å². The van der Waals surface area contributed by atoms with Crippen molar-refractivity contribution in [2.75, 3.05) is 25.0 Å². The van der Waals surface area contributed by atoms with Crippen molar-refractivity contribution in [2.24, 2.45) is 5.41 Å². The van der Waals surface area contributed by atoms with E-state index in [0.717, 1.165) is 50.3 Å². The van der Waals surface area contributed by atoms with Gasteiger partial charge >= 0.3 is 0 Å². The van der Waals surface area contributed by atoms with Crippen molar-refractivity contribution in [1.29, 1.82) is 0 Å². The lowest BCUT2D eigenvalue weighted by atomic mass is 9.85. The van der Waals surface area contributed by atoms with E-state index in [1.165, 1.54) is 31.0 Å². The zero-order valence-corrected chi connectivity index (χ0v) is 41.6. The van der Waals surface area contributed by atoms with E-state index in [1.54, 1.807) is 48.6 Å². The maximum Gasteiger partial charge on any atom is 0.274 e. The number of alkyl halides is 1. The van der Waals surface area contributed by atoms with Crippen molar-refractivity contribution < 1.29 is 42.2 Å². The number of hydrogen-bond acceptors (Lipinski definition) is 10. The zero-order valence-electron chi connectivity index (χ0n) is 40.7. The number of nitrogens with one attached hydrogen (secondary N) is 4. The summed E-state index contributed by atoms with van der Waals surface area (Å²) in [6, 6.07) is 17.2. The van der Waals surface area contributed by atoms with Gasteiger partial charge in [-0.2, -0.15) is 0 Å². The number of likely N-dealkylation sites (tertiary alicyclic amines) is 1. The van der Waals surface area contributed by atoms with Gasteiger partial charge in [-0.15, -0.1) is 11.3 Å². The number of carbonyl (C=O) groups is 4. The van der Waals surface area contributed by atoms with Crippen molar-refractivity contribution in [1.82, 2.24) is 35.4 Å². The first kappa shape index (κ1) is 50.9. The van der Waals surface area contributed by atoms with Crippen LogP contribution in [0.3, 0.4) is 0 Å². The Kier molecular flexibility index (Phi) is 14.8. The SMILES string of the molecule is Cc1ncsc1-c1ccc(CNC(=O)[C@@H]2C[C@@H](O)CN2C(=O)C(NC(=O)COCc2ccc(C(=O)Nc3cc(F)c([C@@H]4c5[nH]c6ccccc6c5C[C@@H](C)N4CC(C)(C)F)c(F)c3)nc2)C(C)(C)C)cc1. The first-order chi connectivity index (χ1) is 33.6. The Labute approximate surface area is 414 Å². The number of para-hydroxylation sites is 1. The molecule has 4 amide bonds. The van der Waals surface area contributed by atoms with Crippen molar-refractivity contribution in [3.05, 3.63) is 135 Å². The number of aliphatic hydroxyl groups is 1. The molecule has 2 aliphatic heterocycles. The van der Waals surface area contributed by atoms with E-state index in [9.17, 15) is 24.3 Å². The first-order valence-corrected chi connectivity index (χ1v) is 24.4. The lowest BCUT2D eigenvalue weighted by Crippen LogP contribution is -2.58. The minimum absolute atomic E-state index is 0.0443. The smallest absolute Gasteiger partial charge is 0.274 e. The predicted octanol–water partition coefficient (Wildman–Crippen LogP) is 7.94. The second kappa shape index (κ2) is 20.7. The lowest BCUT2D eigenvalue weighted by Gasteiger charge is -2.43. The van der Waals surface area contributed by atoms with Gasteiger partial charge in [0.1, 0.15) is 41.7 Å². The van der Waals surface area contributed by atoms with Crippen molar-refractivity contribution in [2.45, 2.75) is 110 Å². The number of halogens is 3. The van der Waals surface area contributed by atoms with Crippen LogP contribution < -0.4 is 16.0 Å². The van der Waals surface area contributed by atoms with E-state index >= 15 is 13.2 Å². The number of β-amino-alcohol motifs (C(OH)–C–C–N with tert-alkyl or cyclic N) is 1. The number of carbonyl (C=O) groups excluding carboxylic acids is 4. The number of amides is 4. The fourth-order valence-corrected chi connectivity index (χ4v) is 10.3. The van der Waals surface area contributed by atoms with Crippen molar-refractivity contribution in [3.8, 4) is 10.4 Å². The van der Waals surface area contributed by atoms with E-state index in [-0.39, 0.29) is 55.6 Å². The second-order valence-electron chi connectivity index (χ2n) is 20.2. The van der Waals surface area contributed by atoms with E-state index in [0.29, 0.717) is 17.7 Å². The summed E-state index contributed by atoms with van der Waals surface area (Å²) in [6.45, 7) is 11.6. The topological polar surface area (TPSA) is 182 Å². The molecule has 1 unspecified atom stereocenters. The summed E-state index contributed by atoms with van der Waals surface area (Å²) >= 11 is 1.55. The molecule has 71 heavy (non-hydrogen) atoms. The van der Waals surface area contributed by atoms with Gasteiger partial charge < -0.3 is 35.7 Å². The van der Waals surface area contributed by atoms with Crippen LogP contribution in [0.25, 0.3) is 21.3 Å². The summed E-state index contributed by atoms with van der Waals surface area (Å²) in [7, 11) is 0. The molecule has 3 aromatic carbocycles. The van der Waals surface area contributed by atoms with E-state index < -0.39 is 77.2 Å². The Hall–Kier alpha value is -6.47. The molecule has 0 saturated carbocycles. The van der Waals surface area contributed by atoms with Gasteiger partial charge in [-0.1, -0.05) is 69.3 Å². The molecule has 1 saturated heterocycles. The molecule has 5 N–H and O–H groups in total. The fraction of sp³-hybridized carbons (Fsp3) is 0.396. The molecular weight excluding hydrogens is 934 g/mol. The van der Waals surface area contributed by atoms with Gasteiger partial charge in [-0.05, 0) is 86.1 Å². The number of aromatic amines is 1. The third-order valence-corrected chi connectivity index (χ3v) is 13.9. The quantitative estimate of drug-likeness (QED) is 0.0683. The normalized spacial score (nSPS) is 18.8. The van der Waals surface area contributed by atoms with E-state index in [1.807, 2.05) is 62.4 Å². The average Bonchev–Trinajstić information content (AvgIpc) is 4.03. The van der Waals surface area contributed by atoms with Crippen LogP contribution in [0.4, 0.5) is 18.9 Å². The summed E-state index contributed by atoms with van der Waals surface area (Å²) in [6.07, 6.45) is 1.04. The molecule has 5 heterocycles. The molecule has 0 spiro atoms. The van der Waals surface area contributed by atoms with Crippen molar-refractivity contribution in [3.63, 3.8) is 0 Å². The van der Waals surface area contributed by atoms with Crippen LogP contribution >= 0.6 is 11.3 Å². The van der Waals surface area contributed by atoms with Gasteiger partial charge in [0.05, 0.1) is 34.8 Å². The molecule has 8 rings (SSSR count). The maximum atomic E-state index is 16.3. The number of benzene rings is 3. The van der Waals surface area contributed by atoms with Crippen LogP contribution in [-0.4, -0.2) is 103 Å². The Morgan fingerprint density at radius 1 is 0.972 bits per heavy atom. The predicted molar refractivity (Wildman–Crippen MR) is 265 cm³/mol. The molecule has 2 aliphatic rings. The van der Waals surface area contributed by atoms with Crippen LogP contribution in [-0.2, 0) is 38.7 Å². The van der Waals surface area contributed by atoms with E-state index in [4.69, 9.17) is 4.74 Å². The number of aromatic nitrogens is 3. The number of H-pyrrole nitrogens is 1. The van der Waals surface area contributed by atoms with Gasteiger partial charge in [0.25, 0.3) is 5.91 Å². The highest BCUT2D eigenvalue weighted by atomic mass is 32.1. The number of hydrogen-bond donors (Lipinski definition) is 5.